The molecule has 9 nitrogen and oxygen atoms in total. The number of carbonyl (C=O) groups excluding carboxylic acids is 4. The molecule has 6 atom stereocenters. The van der Waals surface area contributed by atoms with Crippen LogP contribution >= 0.6 is 0 Å². The maximum absolute atomic E-state index is 13.4. The number of carbonyl (C=O) groups is 4. The van der Waals surface area contributed by atoms with Gasteiger partial charge in [0.05, 0.1) is 6.04 Å². The minimum Gasteiger partial charge on any atom is -0.383 e. The van der Waals surface area contributed by atoms with Crippen LogP contribution in [0.2, 0.25) is 0 Å². The Morgan fingerprint density at radius 2 is 1.89 bits per heavy atom. The molecule has 0 aromatic heterocycles. The molecule has 4 aliphatic rings. The van der Waals surface area contributed by atoms with Crippen molar-refractivity contribution < 1.29 is 42.2 Å². The molecule has 2 heterocycles. The molecule has 2 saturated carbocycles. The minimum atomic E-state index is -5.02. The average molecular weight is 504 g/mol. The second kappa shape index (κ2) is 10.4. The molecule has 2 aliphatic heterocycles. The molecular formula is C23H32F3N3O6. The lowest BCUT2D eigenvalue weighted by atomic mass is 9.92. The van der Waals surface area contributed by atoms with Crippen molar-refractivity contribution in [2.75, 3.05) is 19.7 Å². The summed E-state index contributed by atoms with van der Waals surface area (Å²) in [5, 5.41) is 15.6. The van der Waals surface area contributed by atoms with Gasteiger partial charge in [-0.3, -0.25) is 23.9 Å². The molecule has 4 rings (SSSR count). The Morgan fingerprint density at radius 3 is 2.51 bits per heavy atom. The van der Waals surface area contributed by atoms with Gasteiger partial charge in [-0.1, -0.05) is 19.3 Å². The van der Waals surface area contributed by atoms with Crippen LogP contribution in [-0.4, -0.2) is 77.8 Å². The lowest BCUT2D eigenvalue weighted by molar-refractivity contribution is -0.321. The van der Waals surface area contributed by atoms with E-state index in [0.29, 0.717) is 38.3 Å². The second-order valence-electron chi connectivity index (χ2n) is 10.3. The Balaban J connectivity index is 1.48. The summed E-state index contributed by atoms with van der Waals surface area (Å²) >= 11 is 0. The first-order valence-electron chi connectivity index (χ1n) is 12.3. The zero-order valence-corrected chi connectivity index (χ0v) is 19.4. The lowest BCUT2D eigenvalue weighted by Crippen LogP contribution is -2.55. The van der Waals surface area contributed by atoms with Crippen LogP contribution in [0, 0.1) is 23.7 Å². The van der Waals surface area contributed by atoms with Crippen LogP contribution in [-0.2, 0) is 23.9 Å². The van der Waals surface area contributed by atoms with Crippen molar-refractivity contribution in [3.05, 3.63) is 0 Å². The maximum Gasteiger partial charge on any atom is 0.522 e. The molecule has 4 fully saturated rings. The predicted molar refractivity (Wildman–Crippen MR) is 114 cm³/mol. The van der Waals surface area contributed by atoms with Gasteiger partial charge in [-0.05, 0) is 49.9 Å². The number of nitrogens with zero attached hydrogens (tertiary/aromatic N) is 1. The van der Waals surface area contributed by atoms with Crippen LogP contribution in [0.1, 0.15) is 51.4 Å². The van der Waals surface area contributed by atoms with E-state index in [0.717, 1.165) is 25.7 Å². The van der Waals surface area contributed by atoms with E-state index in [1.165, 1.54) is 4.90 Å². The first kappa shape index (κ1) is 25.9. The third kappa shape index (κ3) is 6.32. The largest absolute Gasteiger partial charge is 0.522 e. The van der Waals surface area contributed by atoms with Gasteiger partial charge in [-0.15, -0.1) is 13.2 Å². The van der Waals surface area contributed by atoms with Gasteiger partial charge in [0.2, 0.25) is 11.8 Å². The molecule has 0 radical (unpaired) electrons. The summed E-state index contributed by atoms with van der Waals surface area (Å²) in [5.74, 6) is -2.88. The van der Waals surface area contributed by atoms with E-state index in [1.54, 1.807) is 0 Å². The third-order valence-electron chi connectivity index (χ3n) is 7.75. The SMILES string of the molecule is O=C1NCCC1CC(NC(=O)[C@@H]1C2CCCC2CN1C(=O)C(O)CC1CC1)C(=O)COC(F)(F)F. The molecule has 2 saturated heterocycles. The predicted octanol–water partition coefficient (Wildman–Crippen LogP) is 0.891. The van der Waals surface area contributed by atoms with Gasteiger partial charge < -0.3 is 20.6 Å². The Kier molecular flexibility index (Phi) is 7.70. The third-order valence-corrected chi connectivity index (χ3v) is 7.75. The molecule has 0 aromatic carbocycles. The maximum atomic E-state index is 13.4. The highest BCUT2D eigenvalue weighted by Crippen LogP contribution is 2.43. The van der Waals surface area contributed by atoms with Gasteiger partial charge in [0, 0.05) is 19.0 Å². The number of alkyl halides is 3. The molecule has 0 bridgehead atoms. The summed E-state index contributed by atoms with van der Waals surface area (Å²) in [6.45, 7) is -0.586. The van der Waals surface area contributed by atoms with E-state index in [2.05, 4.69) is 15.4 Å². The monoisotopic (exact) mass is 503 g/mol. The highest BCUT2D eigenvalue weighted by molar-refractivity contribution is 5.95. The number of halogens is 3. The first-order chi connectivity index (χ1) is 16.5. The summed E-state index contributed by atoms with van der Waals surface area (Å²) in [4.78, 5) is 52.5. The first-order valence-corrected chi connectivity index (χ1v) is 12.3. The summed E-state index contributed by atoms with van der Waals surface area (Å²) < 4.78 is 41.2. The quantitative estimate of drug-likeness (QED) is 0.407. The Morgan fingerprint density at radius 1 is 1.14 bits per heavy atom. The van der Waals surface area contributed by atoms with Gasteiger partial charge in [0.1, 0.15) is 18.8 Å². The van der Waals surface area contributed by atoms with Crippen molar-refractivity contribution in [1.29, 1.82) is 0 Å². The number of aliphatic hydroxyl groups excluding tert-OH is 1. The summed E-state index contributed by atoms with van der Waals surface area (Å²) in [6.07, 6.45) is -1.32. The Labute approximate surface area is 201 Å². The minimum absolute atomic E-state index is 0.0890. The molecule has 35 heavy (non-hydrogen) atoms. The summed E-state index contributed by atoms with van der Waals surface area (Å²) in [5.41, 5.74) is 0. The number of fused-ring (bicyclic) bond motifs is 1. The molecule has 12 heteroatoms. The number of rotatable bonds is 10. The molecule has 5 unspecified atom stereocenters. The number of hydrogen-bond donors (Lipinski definition) is 3. The highest BCUT2D eigenvalue weighted by Gasteiger charge is 2.51. The van der Waals surface area contributed by atoms with Crippen LogP contribution in [0.5, 0.6) is 0 Å². The zero-order chi connectivity index (χ0) is 25.3. The van der Waals surface area contributed by atoms with E-state index >= 15 is 0 Å². The number of aliphatic hydroxyl groups is 1. The standard InChI is InChI=1S/C23H32F3N3O6/c24-23(25,26)35-11-18(31)16(9-13-6-7-27-20(13)32)28-21(33)19-15-3-1-2-14(15)10-29(19)22(34)17(30)8-12-4-5-12/h12-17,19,30H,1-11H2,(H,27,32)(H,28,33)/t13?,14?,15?,16?,17?,19-/m0/s1. The number of hydrogen-bond acceptors (Lipinski definition) is 6. The van der Waals surface area contributed by atoms with Crippen molar-refractivity contribution in [2.24, 2.45) is 23.7 Å². The molecule has 0 aromatic rings. The molecule has 2 aliphatic carbocycles. The van der Waals surface area contributed by atoms with E-state index in [-0.39, 0.29) is 24.2 Å². The van der Waals surface area contributed by atoms with Crippen LogP contribution in [0.3, 0.4) is 0 Å². The summed E-state index contributed by atoms with van der Waals surface area (Å²) in [6, 6.07) is -2.28. The fraction of sp³-hybridized carbons (Fsp3) is 0.826. The fourth-order valence-corrected chi connectivity index (χ4v) is 5.77. The van der Waals surface area contributed by atoms with Crippen molar-refractivity contribution in [1.82, 2.24) is 15.5 Å². The number of nitrogens with one attached hydrogen (secondary N) is 2. The van der Waals surface area contributed by atoms with Crippen LogP contribution < -0.4 is 10.6 Å². The van der Waals surface area contributed by atoms with Crippen molar-refractivity contribution in [2.45, 2.75) is 75.9 Å². The Hall–Kier alpha value is -2.21. The van der Waals surface area contributed by atoms with Gasteiger partial charge >= 0.3 is 6.36 Å². The topological polar surface area (TPSA) is 125 Å². The van der Waals surface area contributed by atoms with Gasteiger partial charge in [0.25, 0.3) is 5.91 Å². The van der Waals surface area contributed by atoms with Gasteiger partial charge in [-0.25, -0.2) is 0 Å². The van der Waals surface area contributed by atoms with Gasteiger partial charge in [0.15, 0.2) is 5.78 Å². The molecule has 3 amide bonds. The average Bonchev–Trinajstić information content (AvgIpc) is 3.16. The number of ether oxygens (including phenoxy) is 1. The lowest BCUT2D eigenvalue weighted by Gasteiger charge is -2.30. The zero-order valence-electron chi connectivity index (χ0n) is 19.4. The molecule has 3 N–H and O–H groups in total. The number of Topliss-reactive ketones (excluding diaryl/α,β-unsaturated/α-hetero) is 1. The molecule has 0 spiro atoms. The summed E-state index contributed by atoms with van der Waals surface area (Å²) in [7, 11) is 0. The number of amides is 3. The number of likely N-dealkylation sites (tertiary alicyclic amines) is 1. The van der Waals surface area contributed by atoms with Crippen LogP contribution in [0.15, 0.2) is 0 Å². The van der Waals surface area contributed by atoms with Crippen LogP contribution in [0.25, 0.3) is 0 Å². The van der Waals surface area contributed by atoms with Crippen molar-refractivity contribution >= 4 is 23.5 Å². The normalized spacial score (nSPS) is 30.1. The molecular weight excluding hydrogens is 471 g/mol. The number of ketones is 1. The van der Waals surface area contributed by atoms with Gasteiger partial charge in [-0.2, -0.15) is 0 Å². The fourth-order valence-electron chi connectivity index (χ4n) is 5.77. The van der Waals surface area contributed by atoms with E-state index in [9.17, 15) is 37.5 Å². The Bertz CT molecular complexity index is 849. The van der Waals surface area contributed by atoms with E-state index in [4.69, 9.17) is 0 Å². The van der Waals surface area contributed by atoms with Crippen molar-refractivity contribution in [3.63, 3.8) is 0 Å². The highest BCUT2D eigenvalue weighted by atomic mass is 19.4. The van der Waals surface area contributed by atoms with E-state index in [1.807, 2.05) is 0 Å². The second-order valence-corrected chi connectivity index (χ2v) is 10.3. The van der Waals surface area contributed by atoms with Crippen molar-refractivity contribution in [3.8, 4) is 0 Å². The van der Waals surface area contributed by atoms with Crippen LogP contribution in [0.4, 0.5) is 13.2 Å². The molecule has 196 valence electrons. The van der Waals surface area contributed by atoms with E-state index < -0.39 is 54.7 Å². The smallest absolute Gasteiger partial charge is 0.383 e.